The van der Waals surface area contributed by atoms with Crippen molar-refractivity contribution in [3.63, 3.8) is 0 Å². The predicted octanol–water partition coefficient (Wildman–Crippen LogP) is 1.99. The van der Waals surface area contributed by atoms with Crippen LogP contribution in [0.4, 0.5) is 5.69 Å². The van der Waals surface area contributed by atoms with Gasteiger partial charge >= 0.3 is 5.63 Å². The van der Waals surface area contributed by atoms with Crippen LogP contribution in [0.25, 0.3) is 11.0 Å². The molecule has 1 aliphatic rings. The molecule has 0 unspecified atom stereocenters. The predicted molar refractivity (Wildman–Crippen MR) is 92.4 cm³/mol. The molecular formula is C16H21ClN2O4. The van der Waals surface area contributed by atoms with E-state index in [0.29, 0.717) is 22.4 Å². The SMILES string of the molecule is COc1cc(O)c2c(C)c(N3CCN(C)CC3)c(=O)oc2c1.Cl. The third-order valence-electron chi connectivity index (χ3n) is 4.24. The summed E-state index contributed by atoms with van der Waals surface area (Å²) in [6.45, 7) is 5.17. The number of hydrogen-bond donors (Lipinski definition) is 1. The van der Waals surface area contributed by atoms with Gasteiger partial charge in [0.1, 0.15) is 22.8 Å². The number of hydrogen-bond acceptors (Lipinski definition) is 6. The number of fused-ring (bicyclic) bond motifs is 1. The van der Waals surface area contributed by atoms with E-state index in [1.807, 2.05) is 11.8 Å². The van der Waals surface area contributed by atoms with E-state index in [9.17, 15) is 9.90 Å². The minimum Gasteiger partial charge on any atom is -0.507 e. The zero-order chi connectivity index (χ0) is 15.9. The standard InChI is InChI=1S/C16H20N2O4.ClH/c1-10-14-12(19)8-11(21-3)9-13(14)22-16(20)15(10)18-6-4-17(2)5-7-18;/h8-9,19H,4-7H2,1-3H3;1H. The molecule has 0 amide bonds. The van der Waals surface area contributed by atoms with Crippen LogP contribution in [0.15, 0.2) is 21.3 Å². The first-order valence-corrected chi connectivity index (χ1v) is 7.29. The lowest BCUT2D eigenvalue weighted by Crippen LogP contribution is -2.46. The van der Waals surface area contributed by atoms with Gasteiger partial charge in [-0.15, -0.1) is 12.4 Å². The number of likely N-dealkylation sites (N-methyl/N-ethyl adjacent to an activating group) is 1. The number of nitrogens with zero attached hydrogens (tertiary/aromatic N) is 2. The van der Waals surface area contributed by atoms with Gasteiger partial charge in [-0.2, -0.15) is 0 Å². The minimum atomic E-state index is -0.373. The van der Waals surface area contributed by atoms with Gasteiger partial charge in [0.2, 0.25) is 0 Å². The molecule has 126 valence electrons. The van der Waals surface area contributed by atoms with Crippen molar-refractivity contribution in [2.24, 2.45) is 0 Å². The van der Waals surface area contributed by atoms with Crippen LogP contribution in [-0.4, -0.2) is 50.3 Å². The van der Waals surface area contributed by atoms with Crippen molar-refractivity contribution < 1.29 is 14.3 Å². The van der Waals surface area contributed by atoms with Crippen LogP contribution in [0.5, 0.6) is 11.5 Å². The molecule has 7 heteroatoms. The lowest BCUT2D eigenvalue weighted by molar-refractivity contribution is 0.311. The fourth-order valence-corrected chi connectivity index (χ4v) is 2.97. The number of phenolic OH excluding ortho intramolecular Hbond substituents is 1. The molecule has 1 aliphatic heterocycles. The number of piperazine rings is 1. The molecule has 1 aromatic heterocycles. The molecule has 1 N–H and O–H groups in total. The molecule has 0 saturated carbocycles. The summed E-state index contributed by atoms with van der Waals surface area (Å²) < 4.78 is 10.5. The van der Waals surface area contributed by atoms with Crippen LogP contribution in [0.2, 0.25) is 0 Å². The monoisotopic (exact) mass is 340 g/mol. The van der Waals surface area contributed by atoms with Gasteiger partial charge in [0.25, 0.3) is 0 Å². The Bertz CT molecular complexity index is 767. The molecule has 3 rings (SSSR count). The van der Waals surface area contributed by atoms with Gasteiger partial charge in [-0.1, -0.05) is 0 Å². The average molecular weight is 341 g/mol. The van der Waals surface area contributed by atoms with Crippen LogP contribution in [-0.2, 0) is 0 Å². The molecule has 1 aromatic carbocycles. The van der Waals surface area contributed by atoms with Gasteiger partial charge in [-0.05, 0) is 19.5 Å². The lowest BCUT2D eigenvalue weighted by Gasteiger charge is -2.34. The van der Waals surface area contributed by atoms with Gasteiger partial charge in [0.05, 0.1) is 12.5 Å². The summed E-state index contributed by atoms with van der Waals surface area (Å²) >= 11 is 0. The fourth-order valence-electron chi connectivity index (χ4n) is 2.97. The van der Waals surface area contributed by atoms with Crippen LogP contribution in [0, 0.1) is 6.92 Å². The Morgan fingerprint density at radius 2 is 1.87 bits per heavy atom. The van der Waals surface area contributed by atoms with E-state index < -0.39 is 0 Å². The molecule has 6 nitrogen and oxygen atoms in total. The number of anilines is 1. The van der Waals surface area contributed by atoms with Gasteiger partial charge in [0.15, 0.2) is 0 Å². The van der Waals surface area contributed by atoms with Crippen molar-refractivity contribution in [1.29, 1.82) is 0 Å². The molecule has 2 aromatic rings. The van der Waals surface area contributed by atoms with E-state index >= 15 is 0 Å². The Morgan fingerprint density at radius 1 is 1.22 bits per heavy atom. The lowest BCUT2D eigenvalue weighted by atomic mass is 10.1. The van der Waals surface area contributed by atoms with Crippen molar-refractivity contribution in [3.05, 3.63) is 28.1 Å². The maximum atomic E-state index is 12.4. The zero-order valence-corrected chi connectivity index (χ0v) is 14.3. The van der Waals surface area contributed by atoms with Crippen molar-refractivity contribution in [1.82, 2.24) is 4.90 Å². The molecule has 0 aliphatic carbocycles. The number of halogens is 1. The number of methoxy groups -OCH3 is 1. The molecule has 1 saturated heterocycles. The van der Waals surface area contributed by atoms with Gasteiger partial charge in [0, 0.05) is 38.3 Å². The second-order valence-electron chi connectivity index (χ2n) is 5.67. The first kappa shape index (κ1) is 17.4. The summed E-state index contributed by atoms with van der Waals surface area (Å²) in [5.74, 6) is 0.519. The molecule has 23 heavy (non-hydrogen) atoms. The summed E-state index contributed by atoms with van der Waals surface area (Å²) in [4.78, 5) is 16.7. The Labute approximate surface area is 140 Å². The van der Waals surface area contributed by atoms with Gasteiger partial charge in [-0.25, -0.2) is 4.79 Å². The highest BCUT2D eigenvalue weighted by Gasteiger charge is 2.23. The van der Waals surface area contributed by atoms with E-state index in [1.165, 1.54) is 13.2 Å². The number of aryl methyl sites for hydroxylation is 1. The van der Waals surface area contributed by atoms with E-state index in [2.05, 4.69) is 11.9 Å². The van der Waals surface area contributed by atoms with Crippen LogP contribution >= 0.6 is 12.4 Å². The second kappa shape index (κ2) is 6.68. The largest absolute Gasteiger partial charge is 0.507 e. The van der Waals surface area contributed by atoms with E-state index in [1.54, 1.807) is 6.07 Å². The topological polar surface area (TPSA) is 66.2 Å². The highest BCUT2D eigenvalue weighted by Crippen LogP contribution is 2.35. The second-order valence-corrected chi connectivity index (χ2v) is 5.67. The third kappa shape index (κ3) is 3.09. The van der Waals surface area contributed by atoms with Crippen LogP contribution < -0.4 is 15.3 Å². The number of rotatable bonds is 2. The highest BCUT2D eigenvalue weighted by molar-refractivity contribution is 5.91. The Hall–Kier alpha value is -1.92. The van der Waals surface area contributed by atoms with Gasteiger partial charge < -0.3 is 24.1 Å². The molecule has 2 heterocycles. The minimum absolute atomic E-state index is 0. The maximum Gasteiger partial charge on any atom is 0.360 e. The molecular weight excluding hydrogens is 320 g/mol. The van der Waals surface area contributed by atoms with Crippen LogP contribution in [0.3, 0.4) is 0 Å². The first-order valence-electron chi connectivity index (χ1n) is 7.29. The normalized spacial score (nSPS) is 15.5. The van der Waals surface area contributed by atoms with E-state index in [4.69, 9.17) is 9.15 Å². The number of ether oxygens (including phenoxy) is 1. The van der Waals surface area contributed by atoms with E-state index in [-0.39, 0.29) is 23.8 Å². The molecule has 0 spiro atoms. The number of benzene rings is 1. The Kier molecular flexibility index (Phi) is 5.06. The average Bonchev–Trinajstić information content (AvgIpc) is 2.48. The van der Waals surface area contributed by atoms with Gasteiger partial charge in [-0.3, -0.25) is 0 Å². The summed E-state index contributed by atoms with van der Waals surface area (Å²) in [5, 5.41) is 10.8. The Balaban J connectivity index is 0.00000192. The first-order chi connectivity index (χ1) is 10.5. The van der Waals surface area contributed by atoms with Crippen molar-refractivity contribution in [2.45, 2.75) is 6.92 Å². The fraction of sp³-hybridized carbons (Fsp3) is 0.438. The van der Waals surface area contributed by atoms with Crippen molar-refractivity contribution in [2.75, 3.05) is 45.2 Å². The number of phenols is 1. The number of aromatic hydroxyl groups is 1. The smallest absolute Gasteiger partial charge is 0.360 e. The summed E-state index contributed by atoms with van der Waals surface area (Å²) in [7, 11) is 3.56. The molecule has 0 atom stereocenters. The van der Waals surface area contributed by atoms with Crippen LogP contribution in [0.1, 0.15) is 5.56 Å². The maximum absolute atomic E-state index is 12.4. The van der Waals surface area contributed by atoms with E-state index in [0.717, 1.165) is 31.7 Å². The van der Waals surface area contributed by atoms with Crippen molar-refractivity contribution in [3.8, 4) is 11.5 Å². The molecule has 0 radical (unpaired) electrons. The quantitative estimate of drug-likeness (QED) is 0.843. The summed E-state index contributed by atoms with van der Waals surface area (Å²) in [6, 6.07) is 3.15. The van der Waals surface area contributed by atoms with Crippen molar-refractivity contribution >= 4 is 29.1 Å². The Morgan fingerprint density at radius 3 is 2.48 bits per heavy atom. The summed E-state index contributed by atoms with van der Waals surface area (Å²) in [6.07, 6.45) is 0. The molecule has 1 fully saturated rings. The zero-order valence-electron chi connectivity index (χ0n) is 13.5. The molecule has 0 bridgehead atoms. The third-order valence-corrected chi connectivity index (χ3v) is 4.24. The highest BCUT2D eigenvalue weighted by atomic mass is 35.5. The summed E-state index contributed by atoms with van der Waals surface area (Å²) in [5.41, 5.74) is 1.26.